The number of aliphatic imine (C=N–C) groups is 1. The molecule has 36 heavy (non-hydrogen) atoms. The summed E-state index contributed by atoms with van der Waals surface area (Å²) in [7, 11) is 0. The first-order chi connectivity index (χ1) is 16.9. The molecule has 1 atom stereocenters. The molecule has 192 valence electrons. The average molecular weight is 510 g/mol. The lowest BCUT2D eigenvalue weighted by molar-refractivity contribution is -0.138. The summed E-state index contributed by atoms with van der Waals surface area (Å²) in [5, 5.41) is 6.10. The van der Waals surface area contributed by atoms with Crippen LogP contribution in [-0.4, -0.2) is 29.7 Å². The lowest BCUT2D eigenvalue weighted by Gasteiger charge is -2.35. The Morgan fingerprint density at radius 1 is 0.972 bits per heavy atom. The minimum Gasteiger partial charge on any atom is -0.371 e. The molecule has 0 radical (unpaired) electrons. The second-order valence-electron chi connectivity index (χ2n) is 9.20. The Morgan fingerprint density at radius 2 is 1.67 bits per heavy atom. The van der Waals surface area contributed by atoms with E-state index in [1.807, 2.05) is 4.90 Å². The van der Waals surface area contributed by atoms with Gasteiger partial charge in [-0.1, -0.05) is 0 Å². The molecule has 0 spiro atoms. The Kier molecular flexibility index (Phi) is 5.89. The van der Waals surface area contributed by atoms with E-state index in [-0.39, 0.29) is 17.6 Å². The highest BCUT2D eigenvalue weighted by Crippen LogP contribution is 2.42. The molecule has 3 aliphatic rings. The van der Waals surface area contributed by atoms with Gasteiger partial charge < -0.3 is 15.5 Å². The fourth-order valence-electron chi connectivity index (χ4n) is 4.61. The summed E-state index contributed by atoms with van der Waals surface area (Å²) in [5.41, 5.74) is 6.99. The van der Waals surface area contributed by atoms with Gasteiger partial charge in [-0.2, -0.15) is 26.3 Å². The smallest absolute Gasteiger partial charge is 0.371 e. The van der Waals surface area contributed by atoms with E-state index in [4.69, 9.17) is 5.73 Å². The zero-order chi connectivity index (χ0) is 25.7. The van der Waals surface area contributed by atoms with Crippen molar-refractivity contribution in [3.05, 3.63) is 65.0 Å². The molecule has 1 unspecified atom stereocenters. The van der Waals surface area contributed by atoms with Gasteiger partial charge in [0.05, 0.1) is 11.1 Å². The van der Waals surface area contributed by atoms with Gasteiger partial charge in [-0.05, 0) is 55.7 Å². The van der Waals surface area contributed by atoms with Crippen molar-refractivity contribution >= 4 is 17.3 Å². The lowest BCUT2D eigenvalue weighted by Crippen LogP contribution is -2.57. The van der Waals surface area contributed by atoms with E-state index >= 15 is 0 Å². The quantitative estimate of drug-likeness (QED) is 0.501. The van der Waals surface area contributed by atoms with Crippen molar-refractivity contribution in [3.8, 4) is 0 Å². The molecule has 6 nitrogen and oxygen atoms in total. The number of pyridine rings is 1. The number of hydrogen-bond acceptors (Lipinski definition) is 6. The Bertz CT molecular complexity index is 1200. The van der Waals surface area contributed by atoms with Crippen LogP contribution < -0.4 is 21.3 Å². The van der Waals surface area contributed by atoms with Gasteiger partial charge in [0.2, 0.25) is 0 Å². The van der Waals surface area contributed by atoms with E-state index in [2.05, 4.69) is 20.6 Å². The maximum atomic E-state index is 13.6. The summed E-state index contributed by atoms with van der Waals surface area (Å²) in [6, 6.07) is 7.09. The first kappa shape index (κ1) is 24.4. The molecule has 1 aromatic heterocycles. The maximum absolute atomic E-state index is 13.6. The second kappa shape index (κ2) is 8.68. The van der Waals surface area contributed by atoms with Gasteiger partial charge in [-0.3, -0.25) is 5.73 Å². The predicted octanol–water partition coefficient (Wildman–Crippen LogP) is 5.11. The SMILES string of the molecule is NC1(C2CC2)N=C(Nc2ncccc2C(F)(F)F)C2=C(CCN(c3ccc(C(F)(F)F)cc3)CC2)N1. The normalized spacial score (nSPS) is 23.0. The molecule has 2 aliphatic heterocycles. The van der Waals surface area contributed by atoms with Crippen LogP contribution in [-0.2, 0) is 12.4 Å². The minimum atomic E-state index is -4.61. The molecular weight excluding hydrogens is 486 g/mol. The van der Waals surface area contributed by atoms with Gasteiger partial charge in [-0.25, -0.2) is 9.98 Å². The number of halogens is 6. The molecule has 1 aromatic carbocycles. The van der Waals surface area contributed by atoms with Crippen LogP contribution in [0.3, 0.4) is 0 Å². The van der Waals surface area contributed by atoms with Crippen LogP contribution in [0, 0.1) is 5.92 Å². The van der Waals surface area contributed by atoms with Crippen LogP contribution in [0.1, 0.15) is 36.8 Å². The van der Waals surface area contributed by atoms with E-state index in [9.17, 15) is 26.3 Å². The minimum absolute atomic E-state index is 0.0449. The number of aromatic nitrogens is 1. The van der Waals surface area contributed by atoms with Crippen molar-refractivity contribution in [2.45, 2.75) is 43.8 Å². The van der Waals surface area contributed by atoms with Crippen LogP contribution >= 0.6 is 0 Å². The highest BCUT2D eigenvalue weighted by Gasteiger charge is 2.46. The van der Waals surface area contributed by atoms with Crippen molar-refractivity contribution in [1.29, 1.82) is 0 Å². The third-order valence-electron chi connectivity index (χ3n) is 6.67. The van der Waals surface area contributed by atoms with E-state index in [0.29, 0.717) is 37.2 Å². The predicted molar refractivity (Wildman–Crippen MR) is 123 cm³/mol. The number of amidine groups is 1. The molecule has 1 aliphatic carbocycles. The fraction of sp³-hybridized carbons (Fsp3) is 0.417. The number of anilines is 2. The molecule has 1 saturated carbocycles. The van der Waals surface area contributed by atoms with Crippen LogP contribution in [0.2, 0.25) is 0 Å². The molecule has 4 N–H and O–H groups in total. The zero-order valence-corrected chi connectivity index (χ0v) is 19.0. The average Bonchev–Trinajstić information content (AvgIpc) is 3.66. The number of rotatable bonds is 3. The summed E-state index contributed by atoms with van der Waals surface area (Å²) in [5.74, 6) is -1.24. The van der Waals surface area contributed by atoms with Crippen molar-refractivity contribution < 1.29 is 26.3 Å². The van der Waals surface area contributed by atoms with E-state index in [0.717, 1.165) is 36.7 Å². The summed E-state index contributed by atoms with van der Waals surface area (Å²) in [6.45, 7) is 0.921. The Morgan fingerprint density at radius 3 is 2.31 bits per heavy atom. The Hall–Kier alpha value is -3.28. The molecule has 3 heterocycles. The lowest BCUT2D eigenvalue weighted by atomic mass is 10.0. The largest absolute Gasteiger partial charge is 0.419 e. The van der Waals surface area contributed by atoms with Gasteiger partial charge >= 0.3 is 12.4 Å². The number of nitrogens with zero attached hydrogens (tertiary/aromatic N) is 3. The monoisotopic (exact) mass is 510 g/mol. The fourth-order valence-corrected chi connectivity index (χ4v) is 4.61. The van der Waals surface area contributed by atoms with Crippen LogP contribution in [0.4, 0.5) is 37.8 Å². The summed E-state index contributed by atoms with van der Waals surface area (Å²) < 4.78 is 79.6. The van der Waals surface area contributed by atoms with Crippen molar-refractivity contribution in [1.82, 2.24) is 10.3 Å². The summed E-state index contributed by atoms with van der Waals surface area (Å²) >= 11 is 0. The van der Waals surface area contributed by atoms with Crippen molar-refractivity contribution in [2.75, 3.05) is 23.3 Å². The van der Waals surface area contributed by atoms with E-state index in [1.165, 1.54) is 24.4 Å². The van der Waals surface area contributed by atoms with Crippen LogP contribution in [0.25, 0.3) is 0 Å². The van der Waals surface area contributed by atoms with Crippen molar-refractivity contribution in [3.63, 3.8) is 0 Å². The van der Waals surface area contributed by atoms with Crippen molar-refractivity contribution in [2.24, 2.45) is 16.6 Å². The summed E-state index contributed by atoms with van der Waals surface area (Å²) in [4.78, 5) is 10.5. The molecule has 2 aromatic rings. The molecular formula is C24H24F6N6. The second-order valence-corrected chi connectivity index (χ2v) is 9.20. The topological polar surface area (TPSA) is 78.6 Å². The van der Waals surface area contributed by atoms with Gasteiger partial charge in [0, 0.05) is 48.6 Å². The van der Waals surface area contributed by atoms with Gasteiger partial charge in [0.1, 0.15) is 11.7 Å². The molecule has 0 amide bonds. The number of alkyl halides is 6. The van der Waals surface area contributed by atoms with Gasteiger partial charge in [0.25, 0.3) is 0 Å². The third kappa shape index (κ3) is 4.86. The standard InChI is InChI=1S/C24H24F6N6/c25-22(26,27)14-5-7-16(8-6-14)36-12-9-17-19(10-13-36)34-24(31,15-3-4-15)35-20(17)33-21-18(23(28,29)30)2-1-11-32-21/h1-2,5-8,11,15,34H,3-4,9-10,12-13,31H2,(H,32,33,35). The number of nitrogens with one attached hydrogen (secondary N) is 2. The first-order valence-corrected chi connectivity index (χ1v) is 11.5. The Balaban J connectivity index is 1.43. The number of nitrogens with two attached hydrogens (primary N) is 1. The first-order valence-electron chi connectivity index (χ1n) is 11.5. The third-order valence-corrected chi connectivity index (χ3v) is 6.67. The maximum Gasteiger partial charge on any atom is 0.419 e. The van der Waals surface area contributed by atoms with E-state index < -0.39 is 29.3 Å². The zero-order valence-electron chi connectivity index (χ0n) is 19.0. The number of hydrogen-bond donors (Lipinski definition) is 3. The summed E-state index contributed by atoms with van der Waals surface area (Å²) in [6.07, 6.45) is -5.21. The molecule has 1 fully saturated rings. The number of benzene rings is 1. The van der Waals surface area contributed by atoms with Crippen LogP contribution in [0.5, 0.6) is 0 Å². The molecule has 5 rings (SSSR count). The van der Waals surface area contributed by atoms with Crippen LogP contribution in [0.15, 0.2) is 58.9 Å². The molecule has 0 bridgehead atoms. The molecule has 12 heteroatoms. The van der Waals surface area contributed by atoms with Gasteiger partial charge in [-0.15, -0.1) is 0 Å². The molecule has 0 saturated heterocycles. The van der Waals surface area contributed by atoms with E-state index in [1.54, 1.807) is 0 Å². The highest BCUT2D eigenvalue weighted by atomic mass is 19.4. The van der Waals surface area contributed by atoms with Gasteiger partial charge in [0.15, 0.2) is 5.79 Å². The Labute approximate surface area is 203 Å². The highest BCUT2D eigenvalue weighted by molar-refractivity contribution is 6.09.